The lowest BCUT2D eigenvalue weighted by Crippen LogP contribution is -2.52. The lowest BCUT2D eigenvalue weighted by Gasteiger charge is -2.48. The van der Waals surface area contributed by atoms with E-state index in [2.05, 4.69) is 6.07 Å². The molecular formula is C15H23NO3S. The highest BCUT2D eigenvalue weighted by Gasteiger charge is 2.59. The van der Waals surface area contributed by atoms with E-state index < -0.39 is 20.9 Å². The van der Waals surface area contributed by atoms with Gasteiger partial charge in [-0.15, -0.1) is 0 Å². The van der Waals surface area contributed by atoms with Crippen molar-refractivity contribution in [1.82, 2.24) is 0 Å². The highest BCUT2D eigenvalue weighted by molar-refractivity contribution is 7.91. The highest BCUT2D eigenvalue weighted by atomic mass is 32.2. The Morgan fingerprint density at radius 3 is 2.00 bits per heavy atom. The number of rotatable bonds is 1. The van der Waals surface area contributed by atoms with Gasteiger partial charge in [0.1, 0.15) is 5.41 Å². The van der Waals surface area contributed by atoms with Gasteiger partial charge in [-0.3, -0.25) is 0 Å². The van der Waals surface area contributed by atoms with Crippen molar-refractivity contribution in [2.24, 2.45) is 10.8 Å². The number of hydrogen-bond acceptors (Lipinski definition) is 4. The van der Waals surface area contributed by atoms with Gasteiger partial charge in [-0.25, -0.2) is 8.42 Å². The number of hydrogen-bond donors (Lipinski definition) is 1. The Balaban J connectivity index is 1.81. The Morgan fingerprint density at radius 2 is 1.55 bits per heavy atom. The summed E-state index contributed by atoms with van der Waals surface area (Å²) >= 11 is 0. The van der Waals surface area contributed by atoms with Crippen molar-refractivity contribution in [2.75, 3.05) is 11.5 Å². The van der Waals surface area contributed by atoms with Gasteiger partial charge in [0.05, 0.1) is 23.2 Å². The molecule has 2 saturated carbocycles. The number of nitrogens with zero attached hydrogens (tertiary/aromatic N) is 1. The summed E-state index contributed by atoms with van der Waals surface area (Å²) in [6.07, 6.45) is 8.41. The minimum absolute atomic E-state index is 0.0496. The fraction of sp³-hybridized carbons (Fsp3) is 0.933. The topological polar surface area (TPSA) is 78.2 Å². The molecule has 20 heavy (non-hydrogen) atoms. The first kappa shape index (κ1) is 14.3. The summed E-state index contributed by atoms with van der Waals surface area (Å²) in [6.45, 7) is 0. The van der Waals surface area contributed by atoms with Crippen LogP contribution in [0.15, 0.2) is 0 Å². The van der Waals surface area contributed by atoms with Gasteiger partial charge in [-0.05, 0) is 50.4 Å². The Kier molecular flexibility index (Phi) is 3.19. The summed E-state index contributed by atoms with van der Waals surface area (Å²) in [6, 6.07) is 2.19. The second kappa shape index (κ2) is 4.45. The summed E-state index contributed by atoms with van der Waals surface area (Å²) in [7, 11) is -3.16. The van der Waals surface area contributed by atoms with Crippen LogP contribution in [0, 0.1) is 22.2 Å². The predicted octanol–water partition coefficient (Wildman–Crippen LogP) is 2.18. The van der Waals surface area contributed by atoms with Gasteiger partial charge in [-0.1, -0.05) is 12.8 Å². The molecule has 0 aromatic carbocycles. The molecule has 3 fully saturated rings. The minimum atomic E-state index is -3.16. The SMILES string of the molecule is N#CC1(C2(O)CCC3(CCCC3)CC2)CCS(=O)(=O)C1. The zero-order chi connectivity index (χ0) is 14.5. The average molecular weight is 297 g/mol. The maximum absolute atomic E-state index is 11.8. The molecule has 1 atom stereocenters. The zero-order valence-electron chi connectivity index (χ0n) is 11.9. The average Bonchev–Trinajstić information content (AvgIpc) is 2.99. The quantitative estimate of drug-likeness (QED) is 0.804. The molecule has 0 bridgehead atoms. The third kappa shape index (κ3) is 2.08. The third-order valence-electron chi connectivity index (χ3n) is 6.21. The second-order valence-corrected chi connectivity index (χ2v) is 9.46. The van der Waals surface area contributed by atoms with E-state index in [0.717, 1.165) is 12.8 Å². The van der Waals surface area contributed by atoms with E-state index in [4.69, 9.17) is 0 Å². The van der Waals surface area contributed by atoms with Crippen LogP contribution in [0.1, 0.15) is 57.8 Å². The first-order chi connectivity index (χ1) is 9.35. The van der Waals surface area contributed by atoms with Gasteiger partial charge in [0.2, 0.25) is 0 Å². The molecular weight excluding hydrogens is 274 g/mol. The first-order valence-corrected chi connectivity index (χ1v) is 9.51. The Hall–Kier alpha value is -0.600. The molecule has 3 aliphatic rings. The van der Waals surface area contributed by atoms with Gasteiger partial charge in [0, 0.05) is 0 Å². The van der Waals surface area contributed by atoms with Gasteiger partial charge < -0.3 is 5.11 Å². The van der Waals surface area contributed by atoms with Crippen LogP contribution in [-0.2, 0) is 9.84 Å². The minimum Gasteiger partial charge on any atom is -0.388 e. The fourth-order valence-electron chi connectivity index (χ4n) is 4.71. The van der Waals surface area contributed by atoms with Gasteiger partial charge in [0.15, 0.2) is 9.84 Å². The van der Waals surface area contributed by atoms with Crippen LogP contribution in [0.5, 0.6) is 0 Å². The smallest absolute Gasteiger partial charge is 0.152 e. The fourth-order valence-corrected chi connectivity index (χ4v) is 6.74. The largest absolute Gasteiger partial charge is 0.388 e. The number of aliphatic hydroxyl groups is 1. The molecule has 1 saturated heterocycles. The van der Waals surface area contributed by atoms with Crippen LogP contribution in [0.4, 0.5) is 0 Å². The second-order valence-electron chi connectivity index (χ2n) is 7.27. The van der Waals surface area contributed by atoms with Crippen LogP contribution >= 0.6 is 0 Å². The van der Waals surface area contributed by atoms with Crippen LogP contribution in [-0.4, -0.2) is 30.6 Å². The van der Waals surface area contributed by atoms with E-state index in [1.807, 2.05) is 0 Å². The molecule has 1 aliphatic heterocycles. The van der Waals surface area contributed by atoms with E-state index in [9.17, 15) is 18.8 Å². The zero-order valence-corrected chi connectivity index (χ0v) is 12.7. The van der Waals surface area contributed by atoms with Crippen LogP contribution in [0.2, 0.25) is 0 Å². The maximum atomic E-state index is 11.8. The molecule has 4 nitrogen and oxygen atoms in total. The standard InChI is InChI=1S/C15H23NO3S/c16-11-14(9-10-20(18,19)12-14)15(17)7-5-13(6-8-15)3-1-2-4-13/h17H,1-10,12H2. The van der Waals surface area contributed by atoms with Crippen molar-refractivity contribution in [1.29, 1.82) is 5.26 Å². The maximum Gasteiger partial charge on any atom is 0.152 e. The molecule has 0 amide bonds. The third-order valence-corrected chi connectivity index (χ3v) is 7.97. The Morgan fingerprint density at radius 1 is 0.950 bits per heavy atom. The summed E-state index contributed by atoms with van der Waals surface area (Å²) in [5.41, 5.74) is -1.79. The molecule has 1 spiro atoms. The van der Waals surface area contributed by atoms with Crippen molar-refractivity contribution >= 4 is 9.84 Å². The summed E-state index contributed by atoms with van der Waals surface area (Å²) in [5.74, 6) is -0.103. The molecule has 1 heterocycles. The van der Waals surface area contributed by atoms with E-state index >= 15 is 0 Å². The summed E-state index contributed by atoms with van der Waals surface area (Å²) < 4.78 is 23.6. The molecule has 0 aromatic heterocycles. The monoisotopic (exact) mass is 297 g/mol. The predicted molar refractivity (Wildman–Crippen MR) is 75.6 cm³/mol. The summed E-state index contributed by atoms with van der Waals surface area (Å²) in [4.78, 5) is 0. The van der Waals surface area contributed by atoms with E-state index in [1.54, 1.807) is 0 Å². The normalized spacial score (nSPS) is 37.8. The van der Waals surface area contributed by atoms with Gasteiger partial charge >= 0.3 is 0 Å². The van der Waals surface area contributed by atoms with Crippen LogP contribution in [0.3, 0.4) is 0 Å². The van der Waals surface area contributed by atoms with Crippen molar-refractivity contribution < 1.29 is 13.5 Å². The van der Waals surface area contributed by atoms with Gasteiger partial charge in [-0.2, -0.15) is 5.26 Å². The molecule has 2 aliphatic carbocycles. The lowest BCUT2D eigenvalue weighted by atomic mass is 9.59. The van der Waals surface area contributed by atoms with Crippen molar-refractivity contribution in [3.63, 3.8) is 0 Å². The van der Waals surface area contributed by atoms with Crippen molar-refractivity contribution in [2.45, 2.75) is 63.4 Å². The van der Waals surface area contributed by atoms with Crippen LogP contribution in [0.25, 0.3) is 0 Å². The Bertz CT molecular complexity index is 532. The summed E-state index contributed by atoms with van der Waals surface area (Å²) in [5, 5.41) is 20.6. The molecule has 3 rings (SSSR count). The molecule has 112 valence electrons. The van der Waals surface area contributed by atoms with E-state index in [1.165, 1.54) is 25.7 Å². The number of nitriles is 1. The van der Waals surface area contributed by atoms with Crippen molar-refractivity contribution in [3.05, 3.63) is 0 Å². The van der Waals surface area contributed by atoms with Gasteiger partial charge in [0.25, 0.3) is 0 Å². The molecule has 0 aromatic rings. The lowest BCUT2D eigenvalue weighted by molar-refractivity contribution is -0.0960. The van der Waals surface area contributed by atoms with Crippen molar-refractivity contribution in [3.8, 4) is 6.07 Å². The van der Waals surface area contributed by atoms with Crippen LogP contribution < -0.4 is 0 Å². The molecule has 1 N–H and O–H groups in total. The van der Waals surface area contributed by atoms with E-state index in [-0.39, 0.29) is 11.5 Å². The molecule has 0 radical (unpaired) electrons. The van der Waals surface area contributed by atoms with E-state index in [0.29, 0.717) is 24.7 Å². The molecule has 1 unspecified atom stereocenters. The number of sulfone groups is 1. The first-order valence-electron chi connectivity index (χ1n) is 7.69. The highest BCUT2D eigenvalue weighted by Crippen LogP contribution is 2.56. The Labute approximate surface area is 121 Å². The molecule has 5 heteroatoms.